The van der Waals surface area contributed by atoms with Gasteiger partial charge in [-0.3, -0.25) is 9.59 Å². The van der Waals surface area contributed by atoms with Gasteiger partial charge in [0, 0.05) is 43.4 Å². The molecule has 0 spiro atoms. The van der Waals surface area contributed by atoms with Gasteiger partial charge in [-0.1, -0.05) is 43.6 Å². The van der Waals surface area contributed by atoms with Gasteiger partial charge in [0.05, 0.1) is 4.83 Å². The minimum atomic E-state index is -0.968. The van der Waals surface area contributed by atoms with Crippen LogP contribution in [0.2, 0.25) is 0 Å². The summed E-state index contributed by atoms with van der Waals surface area (Å²) in [6, 6.07) is 0. The summed E-state index contributed by atoms with van der Waals surface area (Å²) in [7, 11) is 0. The van der Waals surface area contributed by atoms with Crippen molar-refractivity contribution in [2.45, 2.75) is 65.3 Å². The standard InChI is InChI=1S/C12H21NO3.C8H12BrNO3/c1-11(2,3)16-10(15)13-7-6-9(14)12(4,5)8-13;1-8(2)4-10(7(12)13)3-5(9)6(8)11/h6-8H2,1-5H3;5H,3-4H2,1-2H3,(H,12,13). The van der Waals surface area contributed by atoms with Gasteiger partial charge in [0.15, 0.2) is 5.78 Å². The van der Waals surface area contributed by atoms with E-state index in [1.54, 1.807) is 18.7 Å². The van der Waals surface area contributed by atoms with Crippen molar-refractivity contribution in [3.63, 3.8) is 0 Å². The van der Waals surface area contributed by atoms with Crippen LogP contribution in [0.15, 0.2) is 0 Å². The Balaban J connectivity index is 0.000000296. The molecule has 8 nitrogen and oxygen atoms in total. The topological polar surface area (TPSA) is 104 Å². The van der Waals surface area contributed by atoms with E-state index in [1.807, 2.05) is 34.6 Å². The van der Waals surface area contributed by atoms with Crippen LogP contribution >= 0.6 is 15.9 Å². The molecule has 2 amide bonds. The number of carbonyl (C=O) groups is 4. The molecule has 0 saturated carbocycles. The number of carbonyl (C=O) groups excluding carboxylic acids is 3. The van der Waals surface area contributed by atoms with E-state index in [2.05, 4.69) is 15.9 Å². The molecule has 2 aliphatic rings. The molecule has 166 valence electrons. The average Bonchev–Trinajstić information content (AvgIpc) is 2.53. The van der Waals surface area contributed by atoms with E-state index < -0.39 is 22.5 Å². The zero-order chi connectivity index (χ0) is 22.8. The summed E-state index contributed by atoms with van der Waals surface area (Å²) in [6.45, 7) is 14.2. The predicted molar refractivity (Wildman–Crippen MR) is 112 cm³/mol. The fourth-order valence-corrected chi connectivity index (χ4v) is 4.14. The highest BCUT2D eigenvalue weighted by Crippen LogP contribution is 2.29. The molecule has 2 fully saturated rings. The Morgan fingerprint density at radius 3 is 2.00 bits per heavy atom. The molecule has 0 radical (unpaired) electrons. The lowest BCUT2D eigenvalue weighted by molar-refractivity contribution is -0.131. The number of ketones is 2. The Morgan fingerprint density at radius 2 is 1.59 bits per heavy atom. The zero-order valence-electron chi connectivity index (χ0n) is 18.4. The van der Waals surface area contributed by atoms with E-state index in [-0.39, 0.29) is 35.6 Å². The quantitative estimate of drug-likeness (QED) is 0.535. The van der Waals surface area contributed by atoms with Gasteiger partial charge in [-0.2, -0.15) is 0 Å². The van der Waals surface area contributed by atoms with Crippen LogP contribution in [0, 0.1) is 10.8 Å². The summed E-state index contributed by atoms with van der Waals surface area (Å²) in [6.07, 6.45) is -0.871. The number of Topliss-reactive ketones (excluding diaryl/α,β-unsaturated/α-hetero) is 2. The predicted octanol–water partition coefficient (Wildman–Crippen LogP) is 3.56. The first-order valence-corrected chi connectivity index (χ1v) is 10.6. The largest absolute Gasteiger partial charge is 0.465 e. The SMILES string of the molecule is CC(C)(C)OC(=O)N1CCC(=O)C(C)(C)C1.CC1(C)CN(C(=O)O)CC(Br)C1=O. The molecule has 0 aliphatic carbocycles. The van der Waals surface area contributed by atoms with Crippen molar-refractivity contribution in [3.8, 4) is 0 Å². The van der Waals surface area contributed by atoms with Crippen LogP contribution in [-0.2, 0) is 14.3 Å². The molecule has 2 aliphatic heterocycles. The van der Waals surface area contributed by atoms with E-state index in [9.17, 15) is 19.2 Å². The molecule has 0 bridgehead atoms. The first kappa shape index (κ1) is 25.4. The maximum atomic E-state index is 11.8. The summed E-state index contributed by atoms with van der Waals surface area (Å²) < 4.78 is 5.28. The summed E-state index contributed by atoms with van der Waals surface area (Å²) in [4.78, 5) is 48.1. The summed E-state index contributed by atoms with van der Waals surface area (Å²) >= 11 is 3.18. The molecule has 9 heteroatoms. The maximum Gasteiger partial charge on any atom is 0.410 e. The summed E-state index contributed by atoms with van der Waals surface area (Å²) in [5, 5.41) is 8.77. The van der Waals surface area contributed by atoms with Crippen LogP contribution in [0.4, 0.5) is 9.59 Å². The number of amides is 2. The third-order valence-corrected chi connectivity index (χ3v) is 5.50. The molecule has 1 N–H and O–H groups in total. The molecule has 1 unspecified atom stereocenters. The van der Waals surface area contributed by atoms with Gasteiger partial charge in [0.1, 0.15) is 11.4 Å². The number of carboxylic acid groups (broad SMARTS) is 1. The van der Waals surface area contributed by atoms with Crippen LogP contribution in [0.1, 0.15) is 54.9 Å². The lowest BCUT2D eigenvalue weighted by Gasteiger charge is -2.37. The fourth-order valence-electron chi connectivity index (χ4n) is 3.17. The molecular weight excluding hydrogens is 444 g/mol. The lowest BCUT2D eigenvalue weighted by Crippen LogP contribution is -2.53. The second-order valence-corrected chi connectivity index (χ2v) is 10.9. The van der Waals surface area contributed by atoms with Crippen LogP contribution in [0.3, 0.4) is 0 Å². The first-order chi connectivity index (χ1) is 13.0. The summed E-state index contributed by atoms with van der Waals surface area (Å²) in [5.74, 6) is 0.289. The second-order valence-electron chi connectivity index (χ2n) is 9.84. The normalized spacial score (nSPS) is 23.8. The summed E-state index contributed by atoms with van der Waals surface area (Å²) in [5.41, 5.74) is -1.51. The molecule has 2 heterocycles. The van der Waals surface area contributed by atoms with Crippen molar-refractivity contribution >= 4 is 39.7 Å². The Kier molecular flexibility index (Phi) is 7.90. The molecular formula is C20H33BrN2O6. The molecule has 1 atom stereocenters. The monoisotopic (exact) mass is 476 g/mol. The van der Waals surface area contributed by atoms with Gasteiger partial charge in [-0.05, 0) is 20.8 Å². The van der Waals surface area contributed by atoms with Gasteiger partial charge in [0.25, 0.3) is 0 Å². The number of piperidine rings is 2. The van der Waals surface area contributed by atoms with Crippen LogP contribution in [-0.4, -0.2) is 75.3 Å². The van der Waals surface area contributed by atoms with Crippen molar-refractivity contribution in [3.05, 3.63) is 0 Å². The Morgan fingerprint density at radius 1 is 1.07 bits per heavy atom. The minimum Gasteiger partial charge on any atom is -0.465 e. The van der Waals surface area contributed by atoms with E-state index in [1.165, 1.54) is 4.90 Å². The molecule has 0 aromatic carbocycles. The third kappa shape index (κ3) is 7.28. The van der Waals surface area contributed by atoms with Gasteiger partial charge >= 0.3 is 12.2 Å². The smallest absolute Gasteiger partial charge is 0.410 e. The first-order valence-electron chi connectivity index (χ1n) is 9.64. The molecule has 2 saturated heterocycles. The highest BCUT2D eigenvalue weighted by molar-refractivity contribution is 9.10. The van der Waals surface area contributed by atoms with Crippen LogP contribution < -0.4 is 0 Å². The third-order valence-electron chi connectivity index (χ3n) is 4.79. The Bertz CT molecular complexity index is 668. The van der Waals surface area contributed by atoms with Crippen molar-refractivity contribution in [2.75, 3.05) is 26.2 Å². The number of nitrogens with zero attached hydrogens (tertiary/aromatic N) is 2. The highest BCUT2D eigenvalue weighted by Gasteiger charge is 2.41. The molecule has 0 aromatic heterocycles. The van der Waals surface area contributed by atoms with Gasteiger partial charge in [-0.25, -0.2) is 9.59 Å². The second kappa shape index (κ2) is 9.02. The number of alkyl halides is 1. The molecule has 29 heavy (non-hydrogen) atoms. The van der Waals surface area contributed by atoms with Crippen LogP contribution in [0.5, 0.6) is 0 Å². The van der Waals surface area contributed by atoms with Crippen molar-refractivity contribution in [2.24, 2.45) is 10.8 Å². The lowest BCUT2D eigenvalue weighted by atomic mass is 9.83. The van der Waals surface area contributed by atoms with Gasteiger partial charge in [0.2, 0.25) is 0 Å². The van der Waals surface area contributed by atoms with E-state index >= 15 is 0 Å². The van der Waals surface area contributed by atoms with Crippen molar-refractivity contribution < 1.29 is 29.0 Å². The number of rotatable bonds is 0. The van der Waals surface area contributed by atoms with E-state index in [0.717, 1.165) is 0 Å². The van der Waals surface area contributed by atoms with E-state index in [0.29, 0.717) is 19.5 Å². The number of halogens is 1. The number of hydrogen-bond acceptors (Lipinski definition) is 5. The van der Waals surface area contributed by atoms with Crippen molar-refractivity contribution in [1.82, 2.24) is 9.80 Å². The number of ether oxygens (including phenoxy) is 1. The number of likely N-dealkylation sites (tertiary alicyclic amines) is 2. The van der Waals surface area contributed by atoms with Crippen LogP contribution in [0.25, 0.3) is 0 Å². The highest BCUT2D eigenvalue weighted by atomic mass is 79.9. The zero-order valence-corrected chi connectivity index (χ0v) is 20.0. The Hall–Kier alpha value is -1.64. The molecule has 2 rings (SSSR count). The Labute approximate surface area is 181 Å². The van der Waals surface area contributed by atoms with Gasteiger partial charge in [-0.15, -0.1) is 0 Å². The minimum absolute atomic E-state index is 0.0741. The van der Waals surface area contributed by atoms with Gasteiger partial charge < -0.3 is 19.6 Å². The average molecular weight is 477 g/mol. The molecule has 0 aromatic rings. The maximum absolute atomic E-state index is 11.8. The fraction of sp³-hybridized carbons (Fsp3) is 0.800. The van der Waals surface area contributed by atoms with Crippen molar-refractivity contribution in [1.29, 1.82) is 0 Å². The van der Waals surface area contributed by atoms with E-state index in [4.69, 9.17) is 9.84 Å². The number of hydrogen-bond donors (Lipinski definition) is 1.